The lowest BCUT2D eigenvalue weighted by Crippen LogP contribution is -2.27. The van der Waals surface area contributed by atoms with Crippen molar-refractivity contribution in [2.75, 3.05) is 17.2 Å². The van der Waals surface area contributed by atoms with Gasteiger partial charge in [0.1, 0.15) is 0 Å². The molecule has 2 heterocycles. The molecule has 0 aliphatic heterocycles. The number of hydrogen-bond acceptors (Lipinski definition) is 8. The molecule has 3 aromatic rings. The highest BCUT2D eigenvalue weighted by Crippen LogP contribution is 2.30. The molecule has 0 radical (unpaired) electrons. The number of primary amides is 1. The third kappa shape index (κ3) is 3.26. The predicted molar refractivity (Wildman–Crippen MR) is 95.6 cm³/mol. The summed E-state index contributed by atoms with van der Waals surface area (Å²) in [5.41, 5.74) is 11.8. The summed E-state index contributed by atoms with van der Waals surface area (Å²) in [7, 11) is 0. The van der Waals surface area contributed by atoms with Crippen LogP contribution in [0, 0.1) is 0 Å². The first-order valence-corrected chi connectivity index (χ1v) is 8.21. The van der Waals surface area contributed by atoms with E-state index in [0.717, 1.165) is 15.8 Å². The van der Waals surface area contributed by atoms with E-state index in [1.165, 1.54) is 0 Å². The second-order valence-electron chi connectivity index (χ2n) is 5.24. The van der Waals surface area contributed by atoms with Gasteiger partial charge < -0.3 is 22.1 Å². The zero-order valence-corrected chi connectivity index (χ0v) is 13.8. The number of nitrogens with two attached hydrogens (primary N) is 2. The predicted octanol–water partition coefficient (Wildman–Crippen LogP) is 1.69. The number of nitrogens with zero attached hydrogens (tertiary/aromatic N) is 3. The standard InChI is InChI=1S/C15H17N7OS/c1-8(7-16)18-15-20-14(12(13(17)23)21-22-15)19-10-3-2-4-11-9(10)5-6-24-11/h2-6,8H,7,16H2,1H3,(H2,17,23)(H2,18,19,20,22)/t8-/m1/s1. The Morgan fingerprint density at radius 3 is 2.92 bits per heavy atom. The van der Waals surface area contributed by atoms with Gasteiger partial charge in [0.2, 0.25) is 5.95 Å². The molecule has 0 saturated heterocycles. The lowest BCUT2D eigenvalue weighted by Gasteiger charge is -2.13. The fourth-order valence-corrected chi connectivity index (χ4v) is 2.96. The molecule has 0 saturated carbocycles. The van der Waals surface area contributed by atoms with E-state index in [2.05, 4.69) is 25.8 Å². The molecule has 9 heteroatoms. The van der Waals surface area contributed by atoms with Crippen LogP contribution in [0.3, 0.4) is 0 Å². The van der Waals surface area contributed by atoms with Crippen molar-refractivity contribution in [1.82, 2.24) is 15.2 Å². The van der Waals surface area contributed by atoms with Crippen LogP contribution in [-0.4, -0.2) is 33.7 Å². The highest BCUT2D eigenvalue weighted by molar-refractivity contribution is 7.17. The fraction of sp³-hybridized carbons (Fsp3) is 0.200. The van der Waals surface area contributed by atoms with Crippen LogP contribution in [0.1, 0.15) is 17.4 Å². The quantitative estimate of drug-likeness (QED) is 0.535. The van der Waals surface area contributed by atoms with E-state index in [1.54, 1.807) is 11.3 Å². The molecule has 1 atom stereocenters. The molecule has 0 spiro atoms. The summed E-state index contributed by atoms with van der Waals surface area (Å²) in [5.74, 6) is -0.172. The Kier molecular flexibility index (Phi) is 4.54. The lowest BCUT2D eigenvalue weighted by atomic mass is 10.2. The maximum absolute atomic E-state index is 11.6. The van der Waals surface area contributed by atoms with Crippen LogP contribution < -0.4 is 22.1 Å². The number of rotatable bonds is 6. The number of nitrogens with one attached hydrogen (secondary N) is 2. The number of thiophene rings is 1. The molecule has 3 rings (SSSR count). The molecule has 0 aliphatic carbocycles. The maximum Gasteiger partial charge on any atom is 0.273 e. The number of fused-ring (bicyclic) bond motifs is 1. The maximum atomic E-state index is 11.6. The Morgan fingerprint density at radius 1 is 1.33 bits per heavy atom. The van der Waals surface area contributed by atoms with E-state index in [4.69, 9.17) is 11.5 Å². The van der Waals surface area contributed by atoms with Crippen LogP contribution in [0.5, 0.6) is 0 Å². The highest BCUT2D eigenvalue weighted by Gasteiger charge is 2.16. The van der Waals surface area contributed by atoms with Crippen molar-refractivity contribution in [1.29, 1.82) is 0 Å². The average Bonchev–Trinajstić information content (AvgIpc) is 3.04. The van der Waals surface area contributed by atoms with Gasteiger partial charge in [0.05, 0.1) is 0 Å². The Hall–Kier alpha value is -2.78. The molecular weight excluding hydrogens is 326 g/mol. The van der Waals surface area contributed by atoms with Gasteiger partial charge in [-0.15, -0.1) is 21.5 Å². The van der Waals surface area contributed by atoms with E-state index in [9.17, 15) is 4.79 Å². The summed E-state index contributed by atoms with van der Waals surface area (Å²) >= 11 is 1.63. The van der Waals surface area contributed by atoms with Crippen LogP contribution in [0.2, 0.25) is 0 Å². The van der Waals surface area contributed by atoms with Gasteiger partial charge in [-0.3, -0.25) is 4.79 Å². The third-order valence-corrected chi connectivity index (χ3v) is 4.28. The molecule has 0 unspecified atom stereocenters. The first-order chi connectivity index (χ1) is 11.6. The summed E-state index contributed by atoms with van der Waals surface area (Å²) in [6, 6.07) is 7.82. The van der Waals surface area contributed by atoms with Gasteiger partial charge in [-0.25, -0.2) is 0 Å². The Bertz CT molecular complexity index is 879. The Balaban J connectivity index is 1.99. The molecule has 1 amide bonds. The smallest absolute Gasteiger partial charge is 0.273 e. The van der Waals surface area contributed by atoms with Gasteiger partial charge >= 0.3 is 0 Å². The second kappa shape index (κ2) is 6.77. The molecule has 0 fully saturated rings. The minimum atomic E-state index is -0.701. The molecule has 24 heavy (non-hydrogen) atoms. The summed E-state index contributed by atoms with van der Waals surface area (Å²) in [5, 5.41) is 16.9. The number of amides is 1. The van der Waals surface area contributed by atoms with Crippen molar-refractivity contribution in [3.8, 4) is 0 Å². The van der Waals surface area contributed by atoms with Crippen molar-refractivity contribution in [2.45, 2.75) is 13.0 Å². The summed E-state index contributed by atoms with van der Waals surface area (Å²) in [6.07, 6.45) is 0. The normalized spacial score (nSPS) is 12.1. The van der Waals surface area contributed by atoms with Gasteiger partial charge in [0, 0.05) is 28.4 Å². The van der Waals surface area contributed by atoms with Gasteiger partial charge in [0.15, 0.2) is 11.5 Å². The van der Waals surface area contributed by atoms with Crippen LogP contribution in [0.15, 0.2) is 29.6 Å². The minimum absolute atomic E-state index is 0.0202. The van der Waals surface area contributed by atoms with Crippen LogP contribution >= 0.6 is 11.3 Å². The topological polar surface area (TPSA) is 132 Å². The fourth-order valence-electron chi connectivity index (χ4n) is 2.15. The molecule has 6 N–H and O–H groups in total. The largest absolute Gasteiger partial charge is 0.364 e. The van der Waals surface area contributed by atoms with E-state index in [1.807, 2.05) is 36.6 Å². The number of carbonyl (C=O) groups excluding carboxylic acids is 1. The molecule has 8 nitrogen and oxygen atoms in total. The zero-order chi connectivity index (χ0) is 17.1. The van der Waals surface area contributed by atoms with Gasteiger partial charge in [-0.2, -0.15) is 4.98 Å². The Labute approximate surface area is 142 Å². The Morgan fingerprint density at radius 2 is 2.17 bits per heavy atom. The molecule has 1 aromatic carbocycles. The summed E-state index contributed by atoms with van der Waals surface area (Å²) in [6.45, 7) is 2.31. The SMILES string of the molecule is C[C@H](CN)Nc1nnc(C(N)=O)c(Nc2cccc3sccc23)n1. The van der Waals surface area contributed by atoms with Crippen LogP contribution in [0.25, 0.3) is 10.1 Å². The first-order valence-electron chi connectivity index (χ1n) is 7.33. The van der Waals surface area contributed by atoms with Crippen molar-refractivity contribution < 1.29 is 4.79 Å². The van der Waals surface area contributed by atoms with E-state index < -0.39 is 5.91 Å². The van der Waals surface area contributed by atoms with Gasteiger partial charge in [-0.1, -0.05) is 6.07 Å². The van der Waals surface area contributed by atoms with E-state index in [-0.39, 0.29) is 23.5 Å². The molecule has 124 valence electrons. The van der Waals surface area contributed by atoms with Crippen molar-refractivity contribution >= 4 is 44.8 Å². The average molecular weight is 343 g/mol. The van der Waals surface area contributed by atoms with Crippen molar-refractivity contribution in [2.24, 2.45) is 11.5 Å². The lowest BCUT2D eigenvalue weighted by molar-refractivity contribution is 0.0995. The van der Waals surface area contributed by atoms with Crippen molar-refractivity contribution in [3.05, 3.63) is 35.3 Å². The highest BCUT2D eigenvalue weighted by atomic mass is 32.1. The van der Waals surface area contributed by atoms with Gasteiger partial charge in [0.25, 0.3) is 5.91 Å². The summed E-state index contributed by atoms with van der Waals surface area (Å²) in [4.78, 5) is 15.9. The number of carbonyl (C=O) groups is 1. The minimum Gasteiger partial charge on any atom is -0.364 e. The molecule has 0 aliphatic rings. The number of hydrogen-bond donors (Lipinski definition) is 4. The van der Waals surface area contributed by atoms with Crippen LogP contribution in [-0.2, 0) is 0 Å². The van der Waals surface area contributed by atoms with Gasteiger partial charge in [-0.05, 0) is 30.5 Å². The number of anilines is 3. The zero-order valence-electron chi connectivity index (χ0n) is 13.0. The summed E-state index contributed by atoms with van der Waals surface area (Å²) < 4.78 is 1.12. The van der Waals surface area contributed by atoms with Crippen LogP contribution in [0.4, 0.5) is 17.5 Å². The molecular formula is C15H17N7OS. The van der Waals surface area contributed by atoms with E-state index in [0.29, 0.717) is 6.54 Å². The number of aromatic nitrogens is 3. The third-order valence-electron chi connectivity index (χ3n) is 3.40. The molecule has 2 aromatic heterocycles. The van der Waals surface area contributed by atoms with E-state index >= 15 is 0 Å². The van der Waals surface area contributed by atoms with Crippen molar-refractivity contribution in [3.63, 3.8) is 0 Å². The molecule has 0 bridgehead atoms. The monoisotopic (exact) mass is 343 g/mol. The number of benzene rings is 1. The first kappa shape index (κ1) is 16.1. The second-order valence-corrected chi connectivity index (χ2v) is 6.19.